The zero-order chi connectivity index (χ0) is 16.2. The molecule has 0 spiro atoms. The molecular formula is C18H39ClN4. The van der Waals surface area contributed by atoms with Gasteiger partial charge in [0.05, 0.1) is 0 Å². The van der Waals surface area contributed by atoms with Crippen LogP contribution in [-0.2, 0) is 0 Å². The number of halogens is 1. The van der Waals surface area contributed by atoms with Gasteiger partial charge in [-0.25, -0.2) is 10.9 Å². The van der Waals surface area contributed by atoms with Gasteiger partial charge in [0.2, 0.25) is 6.17 Å². The SMILES string of the molecule is CCCCCCCCCCCC[NH+]1N=C(CC)N(N)C1CC.[Cl-]. The van der Waals surface area contributed by atoms with Gasteiger partial charge in [0.1, 0.15) is 6.54 Å². The summed E-state index contributed by atoms with van der Waals surface area (Å²) in [4.78, 5) is 0. The Hall–Kier alpha value is -0.320. The van der Waals surface area contributed by atoms with E-state index in [0.29, 0.717) is 6.17 Å². The molecule has 0 aromatic rings. The van der Waals surface area contributed by atoms with Crippen LogP contribution in [0.3, 0.4) is 0 Å². The van der Waals surface area contributed by atoms with E-state index < -0.39 is 0 Å². The van der Waals surface area contributed by atoms with Crippen molar-refractivity contribution < 1.29 is 17.4 Å². The first-order chi connectivity index (χ1) is 10.7. The minimum atomic E-state index is 0. The molecule has 0 saturated carbocycles. The molecule has 0 aromatic heterocycles. The summed E-state index contributed by atoms with van der Waals surface area (Å²) >= 11 is 0. The van der Waals surface area contributed by atoms with Gasteiger partial charge in [0.25, 0.3) is 0 Å². The van der Waals surface area contributed by atoms with E-state index in [1.54, 1.807) is 0 Å². The van der Waals surface area contributed by atoms with E-state index in [9.17, 15) is 0 Å². The molecule has 5 heteroatoms. The maximum atomic E-state index is 6.14. The predicted octanol–water partition coefficient (Wildman–Crippen LogP) is 0.445. The molecular weight excluding hydrogens is 308 g/mol. The number of quaternary nitrogens is 1. The van der Waals surface area contributed by atoms with Crippen LogP contribution in [0.4, 0.5) is 0 Å². The van der Waals surface area contributed by atoms with Gasteiger partial charge >= 0.3 is 0 Å². The molecule has 1 aliphatic heterocycles. The van der Waals surface area contributed by atoms with Crippen molar-refractivity contribution in [3.05, 3.63) is 0 Å². The molecule has 0 radical (unpaired) electrons. The van der Waals surface area contributed by atoms with Gasteiger partial charge in [-0.2, -0.15) is 5.01 Å². The van der Waals surface area contributed by atoms with Crippen molar-refractivity contribution in [3.8, 4) is 0 Å². The highest BCUT2D eigenvalue weighted by atomic mass is 35.5. The molecule has 138 valence electrons. The van der Waals surface area contributed by atoms with Crippen molar-refractivity contribution in [2.45, 2.75) is 104 Å². The molecule has 1 heterocycles. The van der Waals surface area contributed by atoms with E-state index in [1.807, 2.05) is 5.01 Å². The highest BCUT2D eigenvalue weighted by Gasteiger charge is 2.34. The summed E-state index contributed by atoms with van der Waals surface area (Å²) in [6.45, 7) is 7.75. The number of nitrogens with two attached hydrogens (primary N) is 1. The van der Waals surface area contributed by atoms with Crippen molar-refractivity contribution in [1.29, 1.82) is 0 Å². The first-order valence-electron chi connectivity index (χ1n) is 9.71. The van der Waals surface area contributed by atoms with Gasteiger partial charge in [-0.1, -0.05) is 77.2 Å². The van der Waals surface area contributed by atoms with Gasteiger partial charge in [0, 0.05) is 12.8 Å². The summed E-state index contributed by atoms with van der Waals surface area (Å²) in [5, 5.41) is 7.97. The molecule has 0 aliphatic carbocycles. The zero-order valence-corrected chi connectivity index (χ0v) is 16.4. The number of unbranched alkanes of at least 4 members (excludes halogenated alkanes) is 9. The lowest BCUT2D eigenvalue weighted by atomic mass is 10.1. The summed E-state index contributed by atoms with van der Waals surface area (Å²) in [5.74, 6) is 7.20. The summed E-state index contributed by atoms with van der Waals surface area (Å²) in [7, 11) is 0. The molecule has 0 aromatic carbocycles. The summed E-state index contributed by atoms with van der Waals surface area (Å²) < 4.78 is 0. The van der Waals surface area contributed by atoms with E-state index in [1.165, 1.54) is 69.2 Å². The lowest BCUT2D eigenvalue weighted by Gasteiger charge is -2.22. The second kappa shape index (κ2) is 14.1. The second-order valence-corrected chi connectivity index (χ2v) is 6.64. The normalized spacial score (nSPS) is 20.5. The molecule has 2 unspecified atom stereocenters. The van der Waals surface area contributed by atoms with E-state index in [0.717, 1.165) is 25.2 Å². The fraction of sp³-hybridized carbons (Fsp3) is 0.944. The van der Waals surface area contributed by atoms with E-state index in [2.05, 4.69) is 20.8 Å². The van der Waals surface area contributed by atoms with Gasteiger partial charge in [-0.3, -0.25) is 0 Å². The van der Waals surface area contributed by atoms with Crippen LogP contribution in [-0.4, -0.2) is 23.6 Å². The summed E-state index contributed by atoms with van der Waals surface area (Å²) in [5.41, 5.74) is 0. The minimum absolute atomic E-state index is 0. The van der Waals surface area contributed by atoms with Gasteiger partial charge < -0.3 is 12.4 Å². The Morgan fingerprint density at radius 2 is 1.43 bits per heavy atom. The van der Waals surface area contributed by atoms with Crippen LogP contribution in [0.5, 0.6) is 0 Å². The maximum Gasteiger partial charge on any atom is 0.201 e. The van der Waals surface area contributed by atoms with Crippen LogP contribution in [0.2, 0.25) is 0 Å². The number of nitrogens with zero attached hydrogens (tertiary/aromatic N) is 2. The number of hydrazine groups is 1. The Balaban J connectivity index is 0.00000484. The fourth-order valence-electron chi connectivity index (χ4n) is 3.35. The number of hydrogen-bond donors (Lipinski definition) is 2. The molecule has 0 fully saturated rings. The van der Waals surface area contributed by atoms with Gasteiger partial charge in [-0.05, 0) is 12.8 Å². The lowest BCUT2D eigenvalue weighted by molar-refractivity contribution is -0.935. The molecule has 3 N–H and O–H groups in total. The van der Waals surface area contributed by atoms with Gasteiger partial charge in [-0.15, -0.1) is 0 Å². The van der Waals surface area contributed by atoms with Crippen LogP contribution >= 0.6 is 0 Å². The number of hydrogen-bond acceptors (Lipinski definition) is 3. The van der Waals surface area contributed by atoms with E-state index >= 15 is 0 Å². The van der Waals surface area contributed by atoms with Crippen molar-refractivity contribution >= 4 is 5.84 Å². The number of nitrogens with one attached hydrogen (secondary N) is 1. The van der Waals surface area contributed by atoms with Crippen LogP contribution < -0.4 is 23.3 Å². The van der Waals surface area contributed by atoms with E-state index in [4.69, 9.17) is 10.9 Å². The van der Waals surface area contributed by atoms with Gasteiger partial charge in [0.15, 0.2) is 5.84 Å². The van der Waals surface area contributed by atoms with Crippen molar-refractivity contribution in [2.24, 2.45) is 10.9 Å². The highest BCUT2D eigenvalue weighted by molar-refractivity contribution is 5.81. The Bertz CT molecular complexity index is 309. The Labute approximate surface area is 150 Å². The molecule has 0 bridgehead atoms. The predicted molar refractivity (Wildman–Crippen MR) is 95.5 cm³/mol. The molecule has 0 saturated heterocycles. The lowest BCUT2D eigenvalue weighted by Crippen LogP contribution is -3.11. The zero-order valence-electron chi connectivity index (χ0n) is 15.6. The number of rotatable bonds is 13. The van der Waals surface area contributed by atoms with Crippen molar-refractivity contribution in [3.63, 3.8) is 0 Å². The first-order valence-corrected chi connectivity index (χ1v) is 9.71. The van der Waals surface area contributed by atoms with Crippen LogP contribution in [0.1, 0.15) is 97.8 Å². The topological polar surface area (TPSA) is 46.1 Å². The Morgan fingerprint density at radius 3 is 1.91 bits per heavy atom. The molecule has 2 atom stereocenters. The third-order valence-electron chi connectivity index (χ3n) is 4.78. The quantitative estimate of drug-likeness (QED) is 0.375. The smallest absolute Gasteiger partial charge is 0.201 e. The largest absolute Gasteiger partial charge is 1.00 e. The highest BCUT2D eigenvalue weighted by Crippen LogP contribution is 2.10. The Morgan fingerprint density at radius 1 is 0.913 bits per heavy atom. The monoisotopic (exact) mass is 346 g/mol. The fourth-order valence-corrected chi connectivity index (χ4v) is 3.35. The molecule has 23 heavy (non-hydrogen) atoms. The molecule has 0 amide bonds. The summed E-state index contributed by atoms with van der Waals surface area (Å²) in [6, 6.07) is 0. The van der Waals surface area contributed by atoms with E-state index in [-0.39, 0.29) is 12.4 Å². The molecule has 1 rings (SSSR count). The summed E-state index contributed by atoms with van der Waals surface area (Å²) in [6.07, 6.45) is 16.3. The average molecular weight is 347 g/mol. The Kier molecular flexibility index (Phi) is 13.9. The van der Waals surface area contributed by atoms with Crippen LogP contribution in [0.15, 0.2) is 5.10 Å². The number of amidine groups is 1. The van der Waals surface area contributed by atoms with Crippen LogP contribution in [0.25, 0.3) is 0 Å². The third kappa shape index (κ3) is 8.37. The first kappa shape index (κ1) is 22.7. The molecule has 1 aliphatic rings. The van der Waals surface area contributed by atoms with Crippen molar-refractivity contribution in [1.82, 2.24) is 5.01 Å². The maximum absolute atomic E-state index is 6.14. The third-order valence-corrected chi connectivity index (χ3v) is 4.78. The second-order valence-electron chi connectivity index (χ2n) is 6.64. The standard InChI is InChI=1S/C18H38N4.ClH/c1-4-7-8-9-10-11-12-13-14-15-16-21-18(6-3)22(19)17(5-2)20-21;/h18H,4-16,19H2,1-3H3;1H. The average Bonchev–Trinajstić information content (AvgIpc) is 2.84. The van der Waals surface area contributed by atoms with Crippen LogP contribution in [0, 0.1) is 0 Å². The minimum Gasteiger partial charge on any atom is -1.00 e. The molecule has 4 nitrogen and oxygen atoms in total. The van der Waals surface area contributed by atoms with Crippen molar-refractivity contribution in [2.75, 3.05) is 6.54 Å².